The van der Waals surface area contributed by atoms with Crippen LogP contribution in [-0.4, -0.2) is 15.0 Å². The Kier molecular flexibility index (Phi) is 4.84. The summed E-state index contributed by atoms with van der Waals surface area (Å²) in [5.74, 6) is 1.03. The first-order chi connectivity index (χ1) is 13.9. The van der Waals surface area contributed by atoms with Gasteiger partial charge in [0.05, 0.1) is 5.56 Å². The maximum atomic E-state index is 13.4. The number of hydrogen-bond donors (Lipinski definition) is 0. The van der Waals surface area contributed by atoms with E-state index in [4.69, 9.17) is 0 Å². The molecule has 1 aromatic heterocycles. The zero-order valence-electron chi connectivity index (χ0n) is 15.5. The number of rotatable bonds is 3. The molecular weight excluding hydrogens is 375 g/mol. The standard InChI is InChI=1S/C23H16F3N3/c1-15-18(13-8-14-19(15)23(24,25)26)22-28-20(16-9-4-2-5-10-16)27-21(29-22)17-11-6-3-7-12-17/h2-14H,1H3. The van der Waals surface area contributed by atoms with E-state index in [2.05, 4.69) is 15.0 Å². The van der Waals surface area contributed by atoms with Gasteiger partial charge in [0.15, 0.2) is 17.5 Å². The average Bonchev–Trinajstić information content (AvgIpc) is 2.74. The predicted octanol–water partition coefficient (Wildman–Crippen LogP) is 6.20. The van der Waals surface area contributed by atoms with Gasteiger partial charge in [-0.15, -0.1) is 0 Å². The molecule has 0 atom stereocenters. The summed E-state index contributed by atoms with van der Waals surface area (Å²) in [6.45, 7) is 1.44. The van der Waals surface area contributed by atoms with Crippen molar-refractivity contribution in [2.24, 2.45) is 0 Å². The lowest BCUT2D eigenvalue weighted by molar-refractivity contribution is -0.138. The molecule has 3 nitrogen and oxygen atoms in total. The maximum Gasteiger partial charge on any atom is 0.416 e. The normalized spacial score (nSPS) is 11.4. The summed E-state index contributed by atoms with van der Waals surface area (Å²) in [6, 6.07) is 22.6. The van der Waals surface area contributed by atoms with Crippen molar-refractivity contribution in [3.63, 3.8) is 0 Å². The quantitative estimate of drug-likeness (QED) is 0.417. The highest BCUT2D eigenvalue weighted by atomic mass is 19.4. The van der Waals surface area contributed by atoms with Crippen LogP contribution in [0.2, 0.25) is 0 Å². The lowest BCUT2D eigenvalue weighted by Crippen LogP contribution is -2.09. The van der Waals surface area contributed by atoms with Crippen LogP contribution in [0.3, 0.4) is 0 Å². The lowest BCUT2D eigenvalue weighted by Gasteiger charge is -2.14. The van der Waals surface area contributed by atoms with Crippen molar-refractivity contribution < 1.29 is 13.2 Å². The Labute approximate surface area is 165 Å². The number of nitrogens with zero attached hydrogens (tertiary/aromatic N) is 3. The van der Waals surface area contributed by atoms with Crippen LogP contribution >= 0.6 is 0 Å². The van der Waals surface area contributed by atoms with Crippen LogP contribution in [0.4, 0.5) is 13.2 Å². The molecule has 144 valence electrons. The van der Waals surface area contributed by atoms with E-state index in [9.17, 15) is 13.2 Å². The topological polar surface area (TPSA) is 38.7 Å². The van der Waals surface area contributed by atoms with Crippen LogP contribution in [0.15, 0.2) is 78.9 Å². The largest absolute Gasteiger partial charge is 0.416 e. The molecule has 0 fully saturated rings. The summed E-state index contributed by atoms with van der Waals surface area (Å²) >= 11 is 0. The number of halogens is 3. The first kappa shape index (κ1) is 18.8. The number of benzene rings is 3. The molecule has 0 unspecified atom stereocenters. The summed E-state index contributed by atoms with van der Waals surface area (Å²) in [4.78, 5) is 13.5. The van der Waals surface area contributed by atoms with Gasteiger partial charge in [-0.1, -0.05) is 72.8 Å². The SMILES string of the molecule is Cc1c(-c2nc(-c3ccccc3)nc(-c3ccccc3)n2)cccc1C(F)(F)F. The Bertz CT molecular complexity index is 1080. The fourth-order valence-electron chi connectivity index (χ4n) is 3.11. The molecule has 1 heterocycles. The second-order valence-corrected chi connectivity index (χ2v) is 6.51. The molecular formula is C23H16F3N3. The predicted molar refractivity (Wildman–Crippen MR) is 106 cm³/mol. The number of aromatic nitrogens is 3. The molecule has 0 bridgehead atoms. The van der Waals surface area contributed by atoms with Crippen molar-refractivity contribution in [3.05, 3.63) is 90.0 Å². The minimum absolute atomic E-state index is 0.0872. The molecule has 0 saturated heterocycles. The monoisotopic (exact) mass is 391 g/mol. The Hall–Kier alpha value is -3.54. The zero-order valence-corrected chi connectivity index (χ0v) is 15.5. The molecule has 3 aromatic carbocycles. The Balaban J connectivity index is 1.95. The zero-order chi connectivity index (χ0) is 20.4. The van der Waals surface area contributed by atoms with Crippen LogP contribution in [0.25, 0.3) is 34.2 Å². The molecule has 0 amide bonds. The molecule has 29 heavy (non-hydrogen) atoms. The molecule has 0 N–H and O–H groups in total. The van der Waals surface area contributed by atoms with Gasteiger partial charge in [0.25, 0.3) is 0 Å². The molecule has 4 aromatic rings. The minimum atomic E-state index is -4.45. The van der Waals surface area contributed by atoms with E-state index in [0.29, 0.717) is 17.2 Å². The highest BCUT2D eigenvalue weighted by Gasteiger charge is 2.33. The van der Waals surface area contributed by atoms with Gasteiger partial charge in [0.1, 0.15) is 0 Å². The van der Waals surface area contributed by atoms with Gasteiger partial charge in [0, 0.05) is 16.7 Å². The van der Waals surface area contributed by atoms with Crippen LogP contribution in [0, 0.1) is 6.92 Å². The van der Waals surface area contributed by atoms with Crippen LogP contribution in [0.5, 0.6) is 0 Å². The van der Waals surface area contributed by atoms with E-state index >= 15 is 0 Å². The van der Waals surface area contributed by atoms with Crippen LogP contribution < -0.4 is 0 Å². The highest BCUT2D eigenvalue weighted by Crippen LogP contribution is 2.36. The third kappa shape index (κ3) is 3.87. The van der Waals surface area contributed by atoms with Crippen molar-refractivity contribution in [2.45, 2.75) is 13.1 Å². The van der Waals surface area contributed by atoms with E-state index in [1.165, 1.54) is 13.0 Å². The van der Waals surface area contributed by atoms with Crippen LogP contribution in [0.1, 0.15) is 11.1 Å². The number of alkyl halides is 3. The van der Waals surface area contributed by atoms with E-state index in [-0.39, 0.29) is 11.4 Å². The Morgan fingerprint density at radius 3 is 1.55 bits per heavy atom. The maximum absolute atomic E-state index is 13.4. The van der Waals surface area contributed by atoms with E-state index in [0.717, 1.165) is 17.2 Å². The lowest BCUT2D eigenvalue weighted by atomic mass is 10.0. The van der Waals surface area contributed by atoms with Gasteiger partial charge in [0.2, 0.25) is 0 Å². The van der Waals surface area contributed by atoms with Crippen molar-refractivity contribution >= 4 is 0 Å². The second-order valence-electron chi connectivity index (χ2n) is 6.51. The fraction of sp³-hybridized carbons (Fsp3) is 0.0870. The summed E-state index contributed by atoms with van der Waals surface area (Å²) in [5.41, 5.74) is 1.25. The molecule has 0 aliphatic heterocycles. The summed E-state index contributed by atoms with van der Waals surface area (Å²) in [6.07, 6.45) is -4.45. The molecule has 6 heteroatoms. The first-order valence-electron chi connectivity index (χ1n) is 8.97. The smallest absolute Gasteiger partial charge is 0.208 e. The minimum Gasteiger partial charge on any atom is -0.208 e. The molecule has 0 spiro atoms. The van der Waals surface area contributed by atoms with Gasteiger partial charge >= 0.3 is 6.18 Å². The van der Waals surface area contributed by atoms with E-state index in [1.807, 2.05) is 60.7 Å². The fourth-order valence-corrected chi connectivity index (χ4v) is 3.11. The van der Waals surface area contributed by atoms with Gasteiger partial charge in [-0.3, -0.25) is 0 Å². The van der Waals surface area contributed by atoms with Crippen molar-refractivity contribution in [1.82, 2.24) is 15.0 Å². The summed E-state index contributed by atoms with van der Waals surface area (Å²) in [7, 11) is 0. The van der Waals surface area contributed by atoms with Crippen molar-refractivity contribution in [1.29, 1.82) is 0 Å². The van der Waals surface area contributed by atoms with Crippen molar-refractivity contribution in [2.75, 3.05) is 0 Å². The van der Waals surface area contributed by atoms with Gasteiger partial charge in [-0.05, 0) is 18.6 Å². The molecule has 0 aliphatic carbocycles. The van der Waals surface area contributed by atoms with Crippen molar-refractivity contribution in [3.8, 4) is 34.2 Å². The third-order valence-electron chi connectivity index (χ3n) is 4.58. The van der Waals surface area contributed by atoms with Gasteiger partial charge in [-0.25, -0.2) is 15.0 Å². The molecule has 0 saturated carbocycles. The van der Waals surface area contributed by atoms with Gasteiger partial charge in [-0.2, -0.15) is 13.2 Å². The second kappa shape index (κ2) is 7.47. The molecule has 0 radical (unpaired) electrons. The Morgan fingerprint density at radius 1 is 0.586 bits per heavy atom. The van der Waals surface area contributed by atoms with Gasteiger partial charge < -0.3 is 0 Å². The molecule has 4 rings (SSSR count). The molecule has 0 aliphatic rings. The first-order valence-corrected chi connectivity index (χ1v) is 8.97. The average molecular weight is 391 g/mol. The van der Waals surface area contributed by atoms with E-state index in [1.54, 1.807) is 6.07 Å². The van der Waals surface area contributed by atoms with E-state index < -0.39 is 11.7 Å². The summed E-state index contributed by atoms with van der Waals surface area (Å²) in [5, 5.41) is 0. The Morgan fingerprint density at radius 2 is 1.07 bits per heavy atom. The summed E-state index contributed by atoms with van der Waals surface area (Å²) < 4.78 is 40.1. The number of hydrogen-bond acceptors (Lipinski definition) is 3. The van der Waals surface area contributed by atoms with Crippen LogP contribution in [-0.2, 0) is 6.18 Å². The highest BCUT2D eigenvalue weighted by molar-refractivity contribution is 5.68. The third-order valence-corrected chi connectivity index (χ3v) is 4.58.